The Morgan fingerprint density at radius 3 is 2.95 bits per heavy atom. The smallest absolute Gasteiger partial charge is 0.153 e. The summed E-state index contributed by atoms with van der Waals surface area (Å²) >= 11 is 0. The molecule has 0 atom stereocenters. The van der Waals surface area contributed by atoms with Gasteiger partial charge >= 0.3 is 0 Å². The van der Waals surface area contributed by atoms with E-state index in [0.717, 1.165) is 22.2 Å². The largest absolute Gasteiger partial charge is 0.489 e. The number of nitrogens with zero attached hydrogens (tertiary/aromatic N) is 1. The molecule has 96 valence electrons. The van der Waals surface area contributed by atoms with Crippen molar-refractivity contribution >= 4 is 16.7 Å². The molecule has 1 heterocycles. The number of H-pyrrole nitrogens is 1. The van der Waals surface area contributed by atoms with Gasteiger partial charge in [-0.05, 0) is 24.6 Å². The summed E-state index contributed by atoms with van der Waals surface area (Å²) in [5, 5.41) is 7.76. The average Bonchev–Trinajstić information content (AvgIpc) is 2.78. The van der Waals surface area contributed by atoms with Gasteiger partial charge in [0.25, 0.3) is 0 Å². The second kappa shape index (κ2) is 4.65. The van der Waals surface area contributed by atoms with Crippen LogP contribution in [0.25, 0.3) is 10.9 Å². The zero-order chi connectivity index (χ0) is 13.2. The lowest BCUT2D eigenvalue weighted by Gasteiger charge is -2.07. The lowest BCUT2D eigenvalue weighted by atomic mass is 10.1. The molecule has 3 N–H and O–H groups in total. The van der Waals surface area contributed by atoms with E-state index in [9.17, 15) is 0 Å². The van der Waals surface area contributed by atoms with E-state index in [2.05, 4.69) is 35.3 Å². The molecule has 0 aliphatic rings. The summed E-state index contributed by atoms with van der Waals surface area (Å²) in [6, 6.07) is 14.0. The Morgan fingerprint density at radius 1 is 1.21 bits per heavy atom. The summed E-state index contributed by atoms with van der Waals surface area (Å²) in [4.78, 5) is 0. The molecule has 3 rings (SSSR count). The standard InChI is InChI=1S/C15H15N3O/c1-10-3-2-4-11(7-10)9-19-12-5-6-13-14(8-12)17-18-15(13)16/h2-8H,9H2,1H3,(H3,16,17,18). The van der Waals surface area contributed by atoms with Crippen LogP contribution in [0.3, 0.4) is 0 Å². The highest BCUT2D eigenvalue weighted by Crippen LogP contribution is 2.23. The minimum Gasteiger partial charge on any atom is -0.489 e. The van der Waals surface area contributed by atoms with Crippen LogP contribution < -0.4 is 10.5 Å². The molecule has 19 heavy (non-hydrogen) atoms. The molecule has 3 aromatic rings. The Bertz CT molecular complexity index is 718. The number of rotatable bonds is 3. The number of nitrogen functional groups attached to an aromatic ring is 1. The molecule has 0 amide bonds. The van der Waals surface area contributed by atoms with Gasteiger partial charge in [-0.25, -0.2) is 0 Å². The molecule has 0 saturated carbocycles. The third-order valence-corrected chi connectivity index (χ3v) is 3.05. The zero-order valence-electron chi connectivity index (χ0n) is 10.7. The molecule has 0 saturated heterocycles. The summed E-state index contributed by atoms with van der Waals surface area (Å²) in [5.41, 5.74) is 9.00. The minimum atomic E-state index is 0.514. The summed E-state index contributed by atoms with van der Waals surface area (Å²) in [6.07, 6.45) is 0. The molecule has 2 aromatic carbocycles. The third-order valence-electron chi connectivity index (χ3n) is 3.05. The molecule has 4 heteroatoms. The van der Waals surface area contributed by atoms with Crippen LogP contribution in [0.4, 0.5) is 5.82 Å². The van der Waals surface area contributed by atoms with Crippen molar-refractivity contribution in [3.63, 3.8) is 0 Å². The molecule has 0 fully saturated rings. The van der Waals surface area contributed by atoms with Gasteiger partial charge in [0, 0.05) is 11.5 Å². The lowest BCUT2D eigenvalue weighted by molar-refractivity contribution is 0.306. The van der Waals surface area contributed by atoms with E-state index >= 15 is 0 Å². The SMILES string of the molecule is Cc1cccc(COc2ccc3c(N)n[nH]c3c2)c1. The fraction of sp³-hybridized carbons (Fsp3) is 0.133. The van der Waals surface area contributed by atoms with Gasteiger partial charge in [-0.3, -0.25) is 5.10 Å². The van der Waals surface area contributed by atoms with Crippen LogP contribution in [0.5, 0.6) is 5.75 Å². The van der Waals surface area contributed by atoms with E-state index in [1.165, 1.54) is 5.56 Å². The Hall–Kier alpha value is -2.49. The maximum absolute atomic E-state index is 5.78. The van der Waals surface area contributed by atoms with Crippen molar-refractivity contribution in [2.75, 3.05) is 5.73 Å². The number of aryl methyl sites for hydroxylation is 1. The number of benzene rings is 2. The molecular weight excluding hydrogens is 238 g/mol. The molecule has 1 aromatic heterocycles. The Balaban J connectivity index is 1.78. The number of hydrogen-bond donors (Lipinski definition) is 2. The number of nitrogens with one attached hydrogen (secondary N) is 1. The first-order chi connectivity index (χ1) is 9.22. The molecule has 0 aliphatic heterocycles. The maximum atomic E-state index is 5.78. The zero-order valence-corrected chi connectivity index (χ0v) is 10.7. The predicted molar refractivity (Wildman–Crippen MR) is 76.0 cm³/mol. The van der Waals surface area contributed by atoms with Crippen LogP contribution in [0.2, 0.25) is 0 Å². The monoisotopic (exact) mass is 253 g/mol. The number of aromatic nitrogens is 2. The normalized spacial score (nSPS) is 10.8. The second-order valence-electron chi connectivity index (χ2n) is 4.59. The van der Waals surface area contributed by atoms with Crippen molar-refractivity contribution in [3.05, 3.63) is 53.6 Å². The van der Waals surface area contributed by atoms with Crippen LogP contribution in [-0.4, -0.2) is 10.2 Å². The van der Waals surface area contributed by atoms with E-state index in [1.807, 2.05) is 24.3 Å². The van der Waals surface area contributed by atoms with Crippen LogP contribution >= 0.6 is 0 Å². The Labute approximate surface area is 111 Å². The maximum Gasteiger partial charge on any atom is 0.153 e. The van der Waals surface area contributed by atoms with E-state index < -0.39 is 0 Å². The molecule has 0 aliphatic carbocycles. The quantitative estimate of drug-likeness (QED) is 0.754. The molecule has 0 radical (unpaired) electrons. The van der Waals surface area contributed by atoms with Gasteiger partial charge in [0.1, 0.15) is 12.4 Å². The van der Waals surface area contributed by atoms with Crippen LogP contribution in [-0.2, 0) is 6.61 Å². The van der Waals surface area contributed by atoms with Crippen molar-refractivity contribution < 1.29 is 4.74 Å². The second-order valence-corrected chi connectivity index (χ2v) is 4.59. The fourth-order valence-electron chi connectivity index (χ4n) is 2.08. The molecule has 4 nitrogen and oxygen atoms in total. The van der Waals surface area contributed by atoms with Crippen LogP contribution in [0.15, 0.2) is 42.5 Å². The molecule has 0 bridgehead atoms. The van der Waals surface area contributed by atoms with E-state index in [-0.39, 0.29) is 0 Å². The highest BCUT2D eigenvalue weighted by atomic mass is 16.5. The van der Waals surface area contributed by atoms with Gasteiger partial charge in [0.2, 0.25) is 0 Å². The summed E-state index contributed by atoms with van der Waals surface area (Å²) < 4.78 is 5.78. The van der Waals surface area contributed by atoms with Gasteiger partial charge in [0.05, 0.1) is 5.52 Å². The number of fused-ring (bicyclic) bond motifs is 1. The van der Waals surface area contributed by atoms with E-state index in [0.29, 0.717) is 12.4 Å². The first kappa shape index (κ1) is 11.6. The summed E-state index contributed by atoms with van der Waals surface area (Å²) in [6.45, 7) is 2.62. The third kappa shape index (κ3) is 2.38. The predicted octanol–water partition coefficient (Wildman–Crippen LogP) is 3.03. The Kier molecular flexibility index (Phi) is 2.83. The van der Waals surface area contributed by atoms with Gasteiger partial charge in [-0.1, -0.05) is 29.8 Å². The van der Waals surface area contributed by atoms with Gasteiger partial charge in [-0.15, -0.1) is 0 Å². The fourth-order valence-corrected chi connectivity index (χ4v) is 2.08. The number of nitrogens with two attached hydrogens (primary N) is 1. The van der Waals surface area contributed by atoms with E-state index in [4.69, 9.17) is 10.5 Å². The van der Waals surface area contributed by atoms with Crippen molar-refractivity contribution in [3.8, 4) is 5.75 Å². The van der Waals surface area contributed by atoms with Gasteiger partial charge in [0.15, 0.2) is 5.82 Å². The molecular formula is C15H15N3O. The van der Waals surface area contributed by atoms with Crippen molar-refractivity contribution in [1.29, 1.82) is 0 Å². The number of anilines is 1. The van der Waals surface area contributed by atoms with Crippen LogP contribution in [0.1, 0.15) is 11.1 Å². The Morgan fingerprint density at radius 2 is 2.11 bits per heavy atom. The first-order valence-electron chi connectivity index (χ1n) is 6.14. The van der Waals surface area contributed by atoms with Crippen molar-refractivity contribution in [2.45, 2.75) is 13.5 Å². The van der Waals surface area contributed by atoms with Crippen molar-refractivity contribution in [2.24, 2.45) is 0 Å². The number of aromatic amines is 1. The van der Waals surface area contributed by atoms with Crippen LogP contribution in [0, 0.1) is 6.92 Å². The number of hydrogen-bond acceptors (Lipinski definition) is 3. The average molecular weight is 253 g/mol. The highest BCUT2D eigenvalue weighted by Gasteiger charge is 2.03. The van der Waals surface area contributed by atoms with E-state index in [1.54, 1.807) is 0 Å². The minimum absolute atomic E-state index is 0.514. The highest BCUT2D eigenvalue weighted by molar-refractivity contribution is 5.89. The lowest BCUT2D eigenvalue weighted by Crippen LogP contribution is -1.95. The van der Waals surface area contributed by atoms with Gasteiger partial charge < -0.3 is 10.5 Å². The van der Waals surface area contributed by atoms with Gasteiger partial charge in [-0.2, -0.15) is 5.10 Å². The first-order valence-corrected chi connectivity index (χ1v) is 6.14. The summed E-state index contributed by atoms with van der Waals surface area (Å²) in [5.74, 6) is 1.32. The molecule has 0 unspecified atom stereocenters. The topological polar surface area (TPSA) is 63.9 Å². The molecule has 0 spiro atoms. The van der Waals surface area contributed by atoms with Crippen molar-refractivity contribution in [1.82, 2.24) is 10.2 Å². The summed E-state index contributed by atoms with van der Waals surface area (Å²) in [7, 11) is 0. The number of ether oxygens (including phenoxy) is 1.